The smallest absolute Gasteiger partial charge is 0.261 e. The van der Waals surface area contributed by atoms with Gasteiger partial charge in [0.1, 0.15) is 11.5 Å². The first-order valence-electron chi connectivity index (χ1n) is 8.50. The molecule has 0 amide bonds. The van der Waals surface area contributed by atoms with Gasteiger partial charge in [-0.15, -0.1) is 0 Å². The summed E-state index contributed by atoms with van der Waals surface area (Å²) in [5.41, 5.74) is 0.299. The van der Waals surface area contributed by atoms with Crippen molar-refractivity contribution in [2.45, 2.75) is 4.90 Å². The third-order valence-corrected chi connectivity index (χ3v) is 6.13. The average molecular weight is 464 g/mol. The molecule has 4 aromatic rings. The zero-order valence-electron chi connectivity index (χ0n) is 15.0. The lowest BCUT2D eigenvalue weighted by Crippen LogP contribution is -2.14. The van der Waals surface area contributed by atoms with Crippen molar-refractivity contribution >= 4 is 55.7 Å². The molecule has 2 heterocycles. The lowest BCUT2D eigenvalue weighted by atomic mass is 10.0. The lowest BCUT2D eigenvalue weighted by molar-refractivity contribution is 0.103. The Morgan fingerprint density at radius 1 is 1.03 bits per heavy atom. The van der Waals surface area contributed by atoms with Crippen molar-refractivity contribution < 1.29 is 17.6 Å². The van der Waals surface area contributed by atoms with Crippen molar-refractivity contribution in [3.63, 3.8) is 0 Å². The number of benzene rings is 2. The molecule has 2 N–H and O–H groups in total. The maximum Gasteiger partial charge on any atom is 0.261 e. The maximum atomic E-state index is 14.4. The van der Waals surface area contributed by atoms with Crippen LogP contribution in [-0.4, -0.2) is 24.2 Å². The number of aromatic nitrogens is 2. The predicted molar refractivity (Wildman–Crippen MR) is 113 cm³/mol. The van der Waals surface area contributed by atoms with Crippen molar-refractivity contribution in [1.29, 1.82) is 0 Å². The number of rotatable bonds is 5. The van der Waals surface area contributed by atoms with Crippen LogP contribution in [0.1, 0.15) is 15.9 Å². The minimum Gasteiger partial charge on any atom is -0.345 e. The van der Waals surface area contributed by atoms with Crippen LogP contribution in [0, 0.1) is 5.82 Å². The molecule has 2 aromatic carbocycles. The summed E-state index contributed by atoms with van der Waals surface area (Å²) in [7, 11) is -3.99. The van der Waals surface area contributed by atoms with Gasteiger partial charge in [0, 0.05) is 34.1 Å². The van der Waals surface area contributed by atoms with Gasteiger partial charge in [-0.2, -0.15) is 0 Å². The van der Waals surface area contributed by atoms with Gasteiger partial charge in [-0.25, -0.2) is 17.8 Å². The zero-order valence-corrected chi connectivity index (χ0v) is 17.3. The van der Waals surface area contributed by atoms with Crippen LogP contribution in [0.25, 0.3) is 11.0 Å². The fourth-order valence-electron chi connectivity index (χ4n) is 2.92. The van der Waals surface area contributed by atoms with Crippen LogP contribution in [0.3, 0.4) is 0 Å². The van der Waals surface area contributed by atoms with Gasteiger partial charge >= 0.3 is 0 Å². The first kappa shape index (κ1) is 20.3. The van der Waals surface area contributed by atoms with E-state index >= 15 is 0 Å². The van der Waals surface area contributed by atoms with Gasteiger partial charge in [0.2, 0.25) is 0 Å². The first-order valence-corrected chi connectivity index (χ1v) is 10.7. The van der Waals surface area contributed by atoms with Crippen LogP contribution in [0.15, 0.2) is 65.8 Å². The number of nitrogens with zero attached hydrogens (tertiary/aromatic N) is 1. The van der Waals surface area contributed by atoms with Crippen molar-refractivity contribution in [2.24, 2.45) is 0 Å². The van der Waals surface area contributed by atoms with Crippen LogP contribution in [0.2, 0.25) is 10.0 Å². The van der Waals surface area contributed by atoms with Gasteiger partial charge in [0.15, 0.2) is 5.78 Å². The van der Waals surface area contributed by atoms with Gasteiger partial charge in [-0.1, -0.05) is 29.3 Å². The van der Waals surface area contributed by atoms with Crippen LogP contribution in [0.5, 0.6) is 0 Å². The summed E-state index contributed by atoms with van der Waals surface area (Å²) < 4.78 is 41.9. The van der Waals surface area contributed by atoms with E-state index in [-0.39, 0.29) is 26.7 Å². The molecule has 0 unspecified atom stereocenters. The Balaban J connectivity index is 1.71. The van der Waals surface area contributed by atoms with Gasteiger partial charge in [-0.3, -0.25) is 9.52 Å². The highest BCUT2D eigenvalue weighted by molar-refractivity contribution is 7.92. The van der Waals surface area contributed by atoms with E-state index in [0.717, 1.165) is 12.1 Å². The fourth-order valence-corrected chi connectivity index (χ4v) is 4.43. The molecule has 0 fully saturated rings. The molecular weight excluding hydrogens is 452 g/mol. The van der Waals surface area contributed by atoms with Crippen molar-refractivity contribution in [3.05, 3.63) is 87.9 Å². The van der Waals surface area contributed by atoms with Crippen LogP contribution >= 0.6 is 23.2 Å². The van der Waals surface area contributed by atoms with Gasteiger partial charge in [0.25, 0.3) is 10.0 Å². The normalized spacial score (nSPS) is 11.6. The number of nitrogens with one attached hydrogen (secondary N) is 2. The molecule has 30 heavy (non-hydrogen) atoms. The van der Waals surface area contributed by atoms with Gasteiger partial charge in [0.05, 0.1) is 15.5 Å². The summed E-state index contributed by atoms with van der Waals surface area (Å²) in [6.45, 7) is 0. The fraction of sp³-hybridized carbons (Fsp3) is 0. The van der Waals surface area contributed by atoms with Crippen LogP contribution in [-0.2, 0) is 10.0 Å². The number of carbonyl (C=O) groups is 1. The first-order chi connectivity index (χ1) is 14.2. The lowest BCUT2D eigenvalue weighted by Gasteiger charge is -2.10. The van der Waals surface area contributed by atoms with E-state index in [1.807, 2.05) is 0 Å². The predicted octanol–water partition coefficient (Wildman–Crippen LogP) is 5.04. The van der Waals surface area contributed by atoms with Gasteiger partial charge < -0.3 is 4.98 Å². The maximum absolute atomic E-state index is 14.4. The number of ketones is 1. The summed E-state index contributed by atoms with van der Waals surface area (Å²) in [5, 5.41) is 0.996. The molecule has 0 saturated heterocycles. The molecule has 0 bridgehead atoms. The number of sulfonamides is 1. The minimum absolute atomic E-state index is 0.0238. The SMILES string of the molecule is O=C(c1cc(NS(=O)(=O)c2cccc(Cl)c2)ccc1F)c1c[nH]c2ncc(Cl)cc12. The monoisotopic (exact) mass is 463 g/mol. The standard InChI is InChI=1S/C20H12Cl2FN3O3S/c21-11-2-1-3-14(6-11)30(28,29)26-13-4-5-18(23)16(8-13)19(27)17-10-25-20-15(17)7-12(22)9-24-20/h1-10,26H,(H,24,25). The summed E-state index contributed by atoms with van der Waals surface area (Å²) in [6.07, 6.45) is 2.82. The number of hydrogen-bond acceptors (Lipinski definition) is 4. The molecule has 0 aliphatic heterocycles. The number of halogens is 3. The molecule has 4 rings (SSSR count). The van der Waals surface area contributed by atoms with E-state index in [9.17, 15) is 17.6 Å². The van der Waals surface area contributed by atoms with E-state index in [2.05, 4.69) is 14.7 Å². The highest BCUT2D eigenvalue weighted by Gasteiger charge is 2.21. The third-order valence-electron chi connectivity index (χ3n) is 4.31. The number of carbonyl (C=O) groups excluding carboxylic acids is 1. The largest absolute Gasteiger partial charge is 0.345 e. The molecule has 0 radical (unpaired) electrons. The molecule has 2 aromatic heterocycles. The molecule has 0 aliphatic carbocycles. The molecule has 0 saturated carbocycles. The quantitative estimate of drug-likeness (QED) is 0.405. The van der Waals surface area contributed by atoms with Crippen molar-refractivity contribution in [2.75, 3.05) is 4.72 Å². The summed E-state index contributed by atoms with van der Waals surface area (Å²) >= 11 is 11.8. The number of pyridine rings is 1. The number of aromatic amines is 1. The zero-order chi connectivity index (χ0) is 21.5. The number of anilines is 1. The Morgan fingerprint density at radius 2 is 1.83 bits per heavy atom. The molecule has 0 atom stereocenters. The van der Waals surface area contributed by atoms with Crippen LogP contribution in [0.4, 0.5) is 10.1 Å². The highest BCUT2D eigenvalue weighted by Crippen LogP contribution is 2.26. The van der Waals surface area contributed by atoms with E-state index in [0.29, 0.717) is 16.1 Å². The van der Waals surface area contributed by atoms with Gasteiger partial charge in [-0.05, 0) is 42.5 Å². The molecule has 0 aliphatic rings. The Labute approximate surface area is 180 Å². The van der Waals surface area contributed by atoms with Crippen molar-refractivity contribution in [1.82, 2.24) is 9.97 Å². The Kier molecular flexibility index (Phi) is 5.23. The molecule has 10 heteroatoms. The van der Waals surface area contributed by atoms with E-state index < -0.39 is 21.6 Å². The Bertz CT molecular complexity index is 1400. The minimum atomic E-state index is -3.99. The molecule has 6 nitrogen and oxygen atoms in total. The highest BCUT2D eigenvalue weighted by atomic mass is 35.5. The second kappa shape index (κ2) is 7.71. The van der Waals surface area contributed by atoms with E-state index in [1.54, 1.807) is 0 Å². The number of fused-ring (bicyclic) bond motifs is 1. The number of hydrogen-bond donors (Lipinski definition) is 2. The molecule has 152 valence electrons. The second-order valence-electron chi connectivity index (χ2n) is 6.34. The molecule has 0 spiro atoms. The molecular formula is C20H12Cl2FN3O3S. The van der Waals surface area contributed by atoms with Crippen LogP contribution < -0.4 is 4.72 Å². The van der Waals surface area contributed by atoms with E-state index in [1.165, 1.54) is 48.8 Å². The summed E-state index contributed by atoms with van der Waals surface area (Å²) in [4.78, 5) is 19.8. The third kappa shape index (κ3) is 3.89. The topological polar surface area (TPSA) is 91.9 Å². The van der Waals surface area contributed by atoms with E-state index in [4.69, 9.17) is 23.2 Å². The Hall–Kier alpha value is -2.94. The average Bonchev–Trinajstić information content (AvgIpc) is 3.12. The van der Waals surface area contributed by atoms with Crippen molar-refractivity contribution in [3.8, 4) is 0 Å². The summed E-state index contributed by atoms with van der Waals surface area (Å²) in [5.74, 6) is -1.44. The Morgan fingerprint density at radius 3 is 2.60 bits per heavy atom. The number of H-pyrrole nitrogens is 1. The second-order valence-corrected chi connectivity index (χ2v) is 8.89. The summed E-state index contributed by atoms with van der Waals surface area (Å²) in [6, 6.07) is 10.6.